The molecule has 0 bridgehead atoms. The van der Waals surface area contributed by atoms with E-state index in [1.807, 2.05) is 0 Å². The zero-order chi connectivity index (χ0) is 11.2. The Hall–Kier alpha value is -1.36. The Kier molecular flexibility index (Phi) is 3.93. The smallest absolute Gasteiger partial charge is 0.224 e. The van der Waals surface area contributed by atoms with E-state index >= 15 is 0 Å². The van der Waals surface area contributed by atoms with Crippen LogP contribution in [0.1, 0.15) is 25.7 Å². The highest BCUT2D eigenvalue weighted by molar-refractivity contribution is 5.90. The Morgan fingerprint density at radius 3 is 3.31 bits per heavy atom. The zero-order valence-electron chi connectivity index (χ0n) is 9.24. The van der Waals surface area contributed by atoms with Gasteiger partial charge in [-0.25, -0.2) is 0 Å². The monoisotopic (exact) mass is 223 g/mol. The Morgan fingerprint density at radius 2 is 2.62 bits per heavy atom. The van der Waals surface area contributed by atoms with Gasteiger partial charge in [-0.15, -0.1) is 0 Å². The Bertz CT molecular complexity index is 318. The predicted molar refractivity (Wildman–Crippen MR) is 60.0 cm³/mol. The van der Waals surface area contributed by atoms with Crippen molar-refractivity contribution in [2.24, 2.45) is 5.92 Å². The summed E-state index contributed by atoms with van der Waals surface area (Å²) in [6.07, 6.45) is 6.90. The van der Waals surface area contributed by atoms with Crippen molar-refractivity contribution in [2.45, 2.75) is 25.7 Å². The van der Waals surface area contributed by atoms with Crippen LogP contribution in [0, 0.1) is 5.92 Å². The van der Waals surface area contributed by atoms with Crippen LogP contribution in [0.4, 0.5) is 5.69 Å². The van der Waals surface area contributed by atoms with Gasteiger partial charge in [0.2, 0.25) is 5.91 Å². The van der Waals surface area contributed by atoms with Gasteiger partial charge in [0.1, 0.15) is 12.0 Å². The Balaban J connectivity index is 1.67. The highest BCUT2D eigenvalue weighted by Crippen LogP contribution is 2.16. The van der Waals surface area contributed by atoms with Crippen LogP contribution in [0.5, 0.6) is 0 Å². The fraction of sp³-hybridized carbons (Fsp3) is 0.636. The van der Waals surface area contributed by atoms with Gasteiger partial charge in [-0.05, 0) is 38.3 Å². The summed E-state index contributed by atoms with van der Waals surface area (Å²) in [6, 6.07) is 0. The summed E-state index contributed by atoms with van der Waals surface area (Å²) in [7, 11) is 0. The normalized spacial score (nSPS) is 20.6. The lowest BCUT2D eigenvalue weighted by atomic mass is 9.94. The molecule has 2 N–H and O–H groups in total. The number of rotatable bonds is 4. The molecular formula is C11H17N3O2. The van der Waals surface area contributed by atoms with Gasteiger partial charge < -0.3 is 15.2 Å². The Labute approximate surface area is 94.6 Å². The molecule has 5 nitrogen and oxygen atoms in total. The number of nitrogens with zero attached hydrogens (tertiary/aromatic N) is 1. The highest BCUT2D eigenvalue weighted by Gasteiger charge is 2.14. The Morgan fingerprint density at radius 1 is 1.69 bits per heavy atom. The first-order valence-corrected chi connectivity index (χ1v) is 5.74. The van der Waals surface area contributed by atoms with Crippen LogP contribution >= 0.6 is 0 Å². The maximum absolute atomic E-state index is 11.6. The molecule has 1 amide bonds. The number of aromatic nitrogens is 1. The molecule has 0 radical (unpaired) electrons. The van der Waals surface area contributed by atoms with Crippen molar-refractivity contribution in [1.82, 2.24) is 10.5 Å². The summed E-state index contributed by atoms with van der Waals surface area (Å²) in [5.74, 6) is 0.677. The van der Waals surface area contributed by atoms with Crippen molar-refractivity contribution in [2.75, 3.05) is 18.4 Å². The molecule has 1 saturated heterocycles. The maximum atomic E-state index is 11.6. The van der Waals surface area contributed by atoms with Crippen molar-refractivity contribution < 1.29 is 9.32 Å². The average Bonchev–Trinajstić information content (AvgIpc) is 2.81. The minimum Gasteiger partial charge on any atom is -0.363 e. The van der Waals surface area contributed by atoms with Crippen LogP contribution in [-0.2, 0) is 4.79 Å². The molecule has 88 valence electrons. The molecule has 1 aromatic heterocycles. The number of nitrogens with one attached hydrogen (secondary N) is 2. The molecule has 1 unspecified atom stereocenters. The van der Waals surface area contributed by atoms with Crippen LogP contribution in [-0.4, -0.2) is 24.2 Å². The molecule has 0 spiro atoms. The predicted octanol–water partition coefficient (Wildman–Crippen LogP) is 1.39. The number of hydrogen-bond acceptors (Lipinski definition) is 4. The van der Waals surface area contributed by atoms with E-state index in [0.29, 0.717) is 18.0 Å². The van der Waals surface area contributed by atoms with Gasteiger partial charge in [-0.2, -0.15) is 0 Å². The lowest BCUT2D eigenvalue weighted by Crippen LogP contribution is -2.30. The van der Waals surface area contributed by atoms with E-state index in [1.54, 1.807) is 0 Å². The molecule has 1 aromatic rings. The molecule has 16 heavy (non-hydrogen) atoms. The SMILES string of the molecule is O=C(CCC1CCCNC1)Nc1cnoc1. The van der Waals surface area contributed by atoms with E-state index in [9.17, 15) is 4.79 Å². The van der Waals surface area contributed by atoms with E-state index in [1.165, 1.54) is 25.3 Å². The summed E-state index contributed by atoms with van der Waals surface area (Å²) in [5, 5.41) is 9.62. The highest BCUT2D eigenvalue weighted by atomic mass is 16.5. The molecule has 2 heterocycles. The van der Waals surface area contributed by atoms with Gasteiger partial charge >= 0.3 is 0 Å². The first kappa shape index (κ1) is 11.1. The van der Waals surface area contributed by atoms with Gasteiger partial charge in [0, 0.05) is 6.42 Å². The third kappa shape index (κ3) is 3.34. The van der Waals surface area contributed by atoms with Crippen LogP contribution in [0.2, 0.25) is 0 Å². The molecule has 1 aliphatic heterocycles. The van der Waals surface area contributed by atoms with Gasteiger partial charge in [-0.1, -0.05) is 5.16 Å². The van der Waals surface area contributed by atoms with Gasteiger partial charge in [0.25, 0.3) is 0 Å². The summed E-state index contributed by atoms with van der Waals surface area (Å²) in [4.78, 5) is 11.6. The van der Waals surface area contributed by atoms with Gasteiger partial charge in [-0.3, -0.25) is 4.79 Å². The minimum atomic E-state index is 0.0359. The summed E-state index contributed by atoms with van der Waals surface area (Å²) in [5.41, 5.74) is 0.631. The number of piperidine rings is 1. The molecule has 2 rings (SSSR count). The number of anilines is 1. The second-order valence-electron chi connectivity index (χ2n) is 4.21. The third-order valence-electron chi connectivity index (χ3n) is 2.89. The molecule has 0 aliphatic carbocycles. The fourth-order valence-electron chi connectivity index (χ4n) is 2.00. The standard InChI is InChI=1S/C11H17N3O2/c15-11(14-10-7-13-16-8-10)4-3-9-2-1-5-12-6-9/h7-9,12H,1-6H2,(H,14,15). The van der Waals surface area contributed by atoms with Crippen molar-refractivity contribution in [3.63, 3.8) is 0 Å². The summed E-state index contributed by atoms with van der Waals surface area (Å²) < 4.78 is 4.64. The van der Waals surface area contributed by atoms with E-state index in [4.69, 9.17) is 0 Å². The lowest BCUT2D eigenvalue weighted by molar-refractivity contribution is -0.116. The van der Waals surface area contributed by atoms with Crippen LogP contribution in [0.3, 0.4) is 0 Å². The lowest BCUT2D eigenvalue weighted by Gasteiger charge is -2.22. The molecule has 0 saturated carbocycles. The largest absolute Gasteiger partial charge is 0.363 e. The number of amides is 1. The second-order valence-corrected chi connectivity index (χ2v) is 4.21. The van der Waals surface area contributed by atoms with Crippen molar-refractivity contribution >= 4 is 11.6 Å². The first-order chi connectivity index (χ1) is 7.84. The molecule has 1 fully saturated rings. The molecule has 0 aromatic carbocycles. The summed E-state index contributed by atoms with van der Waals surface area (Å²) >= 11 is 0. The fourth-order valence-corrected chi connectivity index (χ4v) is 2.00. The van der Waals surface area contributed by atoms with Crippen molar-refractivity contribution in [3.05, 3.63) is 12.5 Å². The first-order valence-electron chi connectivity index (χ1n) is 5.74. The topological polar surface area (TPSA) is 67.2 Å². The van der Waals surface area contributed by atoms with Crippen LogP contribution < -0.4 is 10.6 Å². The van der Waals surface area contributed by atoms with Crippen molar-refractivity contribution in [1.29, 1.82) is 0 Å². The van der Waals surface area contributed by atoms with Crippen molar-refractivity contribution in [3.8, 4) is 0 Å². The van der Waals surface area contributed by atoms with Gasteiger partial charge in [0.15, 0.2) is 0 Å². The van der Waals surface area contributed by atoms with E-state index in [2.05, 4.69) is 20.3 Å². The third-order valence-corrected chi connectivity index (χ3v) is 2.89. The number of carbonyl (C=O) groups excluding carboxylic acids is 1. The molecule has 1 aliphatic rings. The molecule has 1 atom stereocenters. The quantitative estimate of drug-likeness (QED) is 0.809. The second kappa shape index (κ2) is 5.65. The molecular weight excluding hydrogens is 206 g/mol. The number of carbonyl (C=O) groups is 1. The van der Waals surface area contributed by atoms with Gasteiger partial charge in [0.05, 0.1) is 6.20 Å². The number of hydrogen-bond donors (Lipinski definition) is 2. The zero-order valence-corrected chi connectivity index (χ0v) is 9.24. The van der Waals surface area contributed by atoms with Crippen LogP contribution in [0.15, 0.2) is 17.0 Å². The average molecular weight is 223 g/mol. The molecule has 5 heteroatoms. The van der Waals surface area contributed by atoms with E-state index < -0.39 is 0 Å². The van der Waals surface area contributed by atoms with E-state index in [0.717, 1.165) is 19.5 Å². The maximum Gasteiger partial charge on any atom is 0.224 e. The summed E-state index contributed by atoms with van der Waals surface area (Å²) in [6.45, 7) is 2.16. The van der Waals surface area contributed by atoms with E-state index in [-0.39, 0.29) is 5.91 Å². The minimum absolute atomic E-state index is 0.0359. The van der Waals surface area contributed by atoms with Crippen LogP contribution in [0.25, 0.3) is 0 Å².